The van der Waals surface area contributed by atoms with Crippen LogP contribution < -0.4 is 0 Å². The first-order valence-corrected chi connectivity index (χ1v) is 27.2. The molecule has 0 fully saturated rings. The van der Waals surface area contributed by atoms with Gasteiger partial charge in [0.15, 0.2) is 0 Å². The van der Waals surface area contributed by atoms with Crippen molar-refractivity contribution >= 4 is 7.28 Å². The molecule has 0 saturated carbocycles. The Hall–Kier alpha value is 0.270. The first kappa shape index (κ1) is 53.3. The first-order chi connectivity index (χ1) is 25.8. The molecule has 0 aromatic heterocycles. The van der Waals surface area contributed by atoms with Crippen LogP contribution in [0, 0.1) is 0 Å². The minimum absolute atomic E-state index is 0.0425. The monoisotopic (exact) mass is 773 g/mol. The number of rotatable bonds is 46. The van der Waals surface area contributed by atoms with Crippen molar-refractivity contribution in [2.75, 3.05) is 12.3 Å². The van der Waals surface area contributed by atoms with E-state index in [1.807, 2.05) is 0 Å². The van der Waals surface area contributed by atoms with Gasteiger partial charge in [-0.05, 0) is 0 Å². The Kier molecular flexibility index (Phi) is 40.7. The van der Waals surface area contributed by atoms with Gasteiger partial charge in [-0.3, -0.25) is 0 Å². The summed E-state index contributed by atoms with van der Waals surface area (Å²) in [6.45, 7) is 4.57. The Balaban J connectivity index is 3.40. The third kappa shape index (κ3) is 44.8. The molecule has 0 bridgehead atoms. The maximum absolute atomic E-state index is 10.5. The summed E-state index contributed by atoms with van der Waals surface area (Å²) in [5.74, 6) is 0. The summed E-state index contributed by atoms with van der Waals surface area (Å²) in [5.41, 5.74) is 0. The van der Waals surface area contributed by atoms with Crippen LogP contribution in [-0.4, -0.2) is 38.2 Å². The normalized spacial score (nSPS) is 13.4. The molecule has 0 aromatic carbocycles. The molecular weight excluding hydrogens is 671 g/mol. The van der Waals surface area contributed by atoms with E-state index in [-0.39, 0.29) is 12.3 Å². The van der Waals surface area contributed by atoms with E-state index in [2.05, 4.69) is 13.8 Å². The number of aliphatic hydroxyl groups excluding tert-OH is 1. The van der Waals surface area contributed by atoms with Crippen LogP contribution in [0.15, 0.2) is 0 Å². The SMILES string of the molecule is CCCCCCCCCCCCCCCCCCCCCCCCCCCCCCP(O)(O)(O)CC(O)CCCCCCCCCCCCCCCC. The third-order valence-electron chi connectivity index (χ3n) is 11.9. The van der Waals surface area contributed by atoms with Gasteiger partial charge in [0.05, 0.1) is 0 Å². The number of unbranched alkanes of at least 4 members (excludes halogenated alkanes) is 40. The molecule has 322 valence electrons. The van der Waals surface area contributed by atoms with Crippen LogP contribution in [0.25, 0.3) is 0 Å². The molecule has 0 rings (SSSR count). The van der Waals surface area contributed by atoms with Crippen LogP contribution in [-0.2, 0) is 0 Å². The summed E-state index contributed by atoms with van der Waals surface area (Å²) in [4.78, 5) is 31.6. The van der Waals surface area contributed by atoms with E-state index >= 15 is 0 Å². The van der Waals surface area contributed by atoms with Gasteiger partial charge in [-0.2, -0.15) is 0 Å². The van der Waals surface area contributed by atoms with Gasteiger partial charge in [0.2, 0.25) is 0 Å². The van der Waals surface area contributed by atoms with Crippen molar-refractivity contribution in [1.29, 1.82) is 0 Å². The molecule has 1 unspecified atom stereocenters. The van der Waals surface area contributed by atoms with Crippen molar-refractivity contribution in [3.63, 3.8) is 0 Å². The van der Waals surface area contributed by atoms with Gasteiger partial charge in [-0.15, -0.1) is 0 Å². The van der Waals surface area contributed by atoms with Gasteiger partial charge in [0, 0.05) is 0 Å². The Labute approximate surface area is 334 Å². The summed E-state index contributed by atoms with van der Waals surface area (Å²) in [5, 5.41) is 10.4. The Morgan fingerprint density at radius 2 is 0.472 bits per heavy atom. The van der Waals surface area contributed by atoms with Crippen LogP contribution in [0.1, 0.15) is 290 Å². The van der Waals surface area contributed by atoms with Crippen molar-refractivity contribution < 1.29 is 19.8 Å². The van der Waals surface area contributed by atoms with Gasteiger partial charge in [0.1, 0.15) is 0 Å². The number of hydrogen-bond acceptors (Lipinski definition) is 4. The zero-order chi connectivity index (χ0) is 38.8. The molecular formula is C48H101O4P. The molecule has 0 saturated heterocycles. The second-order valence-electron chi connectivity index (χ2n) is 17.8. The molecule has 0 spiro atoms. The number of hydrogen-bond donors (Lipinski definition) is 4. The summed E-state index contributed by atoms with van der Waals surface area (Å²) in [6, 6.07) is 0. The van der Waals surface area contributed by atoms with Crippen molar-refractivity contribution in [3.8, 4) is 0 Å². The van der Waals surface area contributed by atoms with Crippen LogP contribution >= 0.6 is 7.28 Å². The van der Waals surface area contributed by atoms with E-state index in [1.54, 1.807) is 0 Å². The molecule has 1 atom stereocenters. The second kappa shape index (κ2) is 40.5. The van der Waals surface area contributed by atoms with E-state index in [4.69, 9.17) is 0 Å². The molecule has 0 radical (unpaired) electrons. The van der Waals surface area contributed by atoms with Crippen LogP contribution in [0.5, 0.6) is 0 Å². The summed E-state index contributed by atoms with van der Waals surface area (Å²) >= 11 is 0. The van der Waals surface area contributed by atoms with Gasteiger partial charge in [0.25, 0.3) is 0 Å². The molecule has 0 heterocycles. The zero-order valence-corrected chi connectivity index (χ0v) is 37.5. The minimum atomic E-state index is -4.72. The molecule has 53 heavy (non-hydrogen) atoms. The summed E-state index contributed by atoms with van der Waals surface area (Å²) < 4.78 is 0. The Morgan fingerprint density at radius 1 is 0.283 bits per heavy atom. The van der Waals surface area contributed by atoms with Crippen LogP contribution in [0.4, 0.5) is 0 Å². The Morgan fingerprint density at radius 3 is 0.698 bits per heavy atom. The van der Waals surface area contributed by atoms with E-state index in [0.29, 0.717) is 12.8 Å². The van der Waals surface area contributed by atoms with Gasteiger partial charge >= 0.3 is 180 Å². The van der Waals surface area contributed by atoms with E-state index in [1.165, 1.54) is 238 Å². The fraction of sp³-hybridized carbons (Fsp3) is 1.00. The van der Waals surface area contributed by atoms with Gasteiger partial charge in [-0.1, -0.05) is 155 Å². The fourth-order valence-corrected chi connectivity index (χ4v) is 10.4. The summed E-state index contributed by atoms with van der Waals surface area (Å²) in [6.07, 6.45) is 55.6. The molecule has 0 aromatic rings. The average Bonchev–Trinajstić information content (AvgIpc) is 3.12. The predicted molar refractivity (Wildman–Crippen MR) is 239 cm³/mol. The Bertz CT molecular complexity index is 693. The smallest absolute Gasteiger partial charge is 0.0654 e. The topological polar surface area (TPSA) is 80.9 Å². The minimum Gasteiger partial charge on any atom is -0.0654 e. The van der Waals surface area contributed by atoms with Crippen molar-refractivity contribution in [2.45, 2.75) is 296 Å². The molecule has 4 N–H and O–H groups in total. The molecule has 4 nitrogen and oxygen atoms in total. The molecule has 5 heteroatoms. The fourth-order valence-electron chi connectivity index (χ4n) is 8.29. The average molecular weight is 773 g/mol. The van der Waals surface area contributed by atoms with Gasteiger partial charge in [-0.25, -0.2) is 0 Å². The third-order valence-corrected chi connectivity index (χ3v) is 14.3. The van der Waals surface area contributed by atoms with Crippen molar-refractivity contribution in [1.82, 2.24) is 0 Å². The van der Waals surface area contributed by atoms with Gasteiger partial charge < -0.3 is 0 Å². The molecule has 0 aliphatic heterocycles. The summed E-state index contributed by atoms with van der Waals surface area (Å²) in [7, 11) is -4.72. The predicted octanol–water partition coefficient (Wildman–Crippen LogP) is 16.4. The van der Waals surface area contributed by atoms with E-state index in [0.717, 1.165) is 25.7 Å². The number of aliphatic hydroxyl groups is 1. The standard InChI is InChI=1S/C48H101O4P/c1-3-5-7-9-11-13-15-17-19-20-21-22-23-24-25-26-27-28-29-30-31-32-34-36-38-40-42-44-46-53(50,51,52)47-48(49)45-43-41-39-37-35-33-18-16-14-12-10-8-6-4-2/h48-52H,3-47H2,1-2H3. The quantitative estimate of drug-likeness (QED) is 0.0367. The first-order valence-electron chi connectivity index (χ1n) is 24.7. The van der Waals surface area contributed by atoms with Crippen molar-refractivity contribution in [2.24, 2.45) is 0 Å². The van der Waals surface area contributed by atoms with Crippen LogP contribution in [0.2, 0.25) is 0 Å². The van der Waals surface area contributed by atoms with E-state index in [9.17, 15) is 19.8 Å². The maximum atomic E-state index is 10.5. The molecule has 0 aliphatic carbocycles. The van der Waals surface area contributed by atoms with Crippen LogP contribution in [0.3, 0.4) is 0 Å². The molecule has 0 amide bonds. The zero-order valence-electron chi connectivity index (χ0n) is 36.6. The molecule has 0 aliphatic rings. The van der Waals surface area contributed by atoms with E-state index < -0.39 is 13.4 Å². The van der Waals surface area contributed by atoms with Crippen molar-refractivity contribution in [3.05, 3.63) is 0 Å². The second-order valence-corrected chi connectivity index (χ2v) is 21.3.